The maximum absolute atomic E-state index is 11.8. The first-order chi connectivity index (χ1) is 8.65. The Hall–Kier alpha value is -1.36. The number of nitrogens with zero attached hydrogens (tertiary/aromatic N) is 3. The lowest BCUT2D eigenvalue weighted by Crippen LogP contribution is -2.46. The van der Waals surface area contributed by atoms with Crippen molar-refractivity contribution in [3.8, 4) is 0 Å². The number of piperidine rings is 1. The summed E-state index contributed by atoms with van der Waals surface area (Å²) < 4.78 is 1.48. The van der Waals surface area contributed by atoms with Crippen molar-refractivity contribution in [3.05, 3.63) is 24.6 Å². The van der Waals surface area contributed by atoms with E-state index in [4.69, 9.17) is 0 Å². The molecule has 0 unspecified atom stereocenters. The Kier molecular flexibility index (Phi) is 4.36. The number of amides is 1. The molecule has 0 bridgehead atoms. The summed E-state index contributed by atoms with van der Waals surface area (Å²) in [6.45, 7) is 7.50. The Morgan fingerprint density at radius 1 is 1.39 bits per heavy atom. The predicted octanol–water partition coefficient (Wildman–Crippen LogP) is 1.52. The van der Waals surface area contributed by atoms with Crippen LogP contribution < -0.4 is 5.32 Å². The molecule has 1 saturated heterocycles. The van der Waals surface area contributed by atoms with Crippen molar-refractivity contribution in [3.63, 3.8) is 0 Å². The fourth-order valence-electron chi connectivity index (χ4n) is 2.31. The molecule has 1 radical (unpaired) electrons. The zero-order chi connectivity index (χ0) is 13.0. The van der Waals surface area contributed by atoms with Gasteiger partial charge in [-0.3, -0.25) is 4.57 Å². The van der Waals surface area contributed by atoms with Gasteiger partial charge in [-0.2, -0.15) is 0 Å². The van der Waals surface area contributed by atoms with Crippen molar-refractivity contribution >= 4 is 6.03 Å². The normalized spacial score (nSPS) is 18.2. The molecule has 2 heterocycles. The van der Waals surface area contributed by atoms with Crippen LogP contribution >= 0.6 is 0 Å². The van der Waals surface area contributed by atoms with Crippen molar-refractivity contribution in [1.82, 2.24) is 19.8 Å². The Labute approximate surface area is 108 Å². The smallest absolute Gasteiger partial charge is 0.327 e. The molecule has 2 rings (SSSR count). The molecule has 0 atom stereocenters. The molecule has 0 aromatic carbocycles. The van der Waals surface area contributed by atoms with E-state index in [1.54, 1.807) is 12.4 Å². The van der Waals surface area contributed by atoms with Crippen molar-refractivity contribution in [2.24, 2.45) is 0 Å². The summed E-state index contributed by atoms with van der Waals surface area (Å²) in [4.78, 5) is 18.1. The topological polar surface area (TPSA) is 50.2 Å². The summed E-state index contributed by atoms with van der Waals surface area (Å²) in [6, 6.07) is 0.206. The van der Waals surface area contributed by atoms with Gasteiger partial charge in [-0.05, 0) is 18.8 Å². The maximum Gasteiger partial charge on any atom is 0.327 e. The monoisotopic (exact) mass is 249 g/mol. The van der Waals surface area contributed by atoms with Crippen LogP contribution in [0.15, 0.2) is 18.7 Å². The third-order valence-corrected chi connectivity index (χ3v) is 3.19. The second-order valence-electron chi connectivity index (χ2n) is 5.18. The van der Waals surface area contributed by atoms with E-state index in [1.165, 1.54) is 16.8 Å². The quantitative estimate of drug-likeness (QED) is 0.883. The highest BCUT2D eigenvalue weighted by atomic mass is 16.2. The van der Waals surface area contributed by atoms with Crippen LogP contribution in [0.3, 0.4) is 0 Å². The number of aromatic nitrogens is 2. The minimum absolute atomic E-state index is 0.0795. The van der Waals surface area contributed by atoms with Crippen LogP contribution in [0.5, 0.6) is 0 Å². The van der Waals surface area contributed by atoms with Gasteiger partial charge in [0, 0.05) is 38.1 Å². The molecule has 5 nitrogen and oxygen atoms in total. The van der Waals surface area contributed by atoms with Crippen LogP contribution in [0.4, 0.5) is 4.79 Å². The van der Waals surface area contributed by atoms with Gasteiger partial charge < -0.3 is 10.2 Å². The molecule has 18 heavy (non-hydrogen) atoms. The second-order valence-corrected chi connectivity index (χ2v) is 5.18. The van der Waals surface area contributed by atoms with E-state index in [0.29, 0.717) is 0 Å². The van der Waals surface area contributed by atoms with Crippen LogP contribution in [-0.2, 0) is 0 Å². The van der Waals surface area contributed by atoms with Crippen LogP contribution in [0.1, 0.15) is 26.7 Å². The summed E-state index contributed by atoms with van der Waals surface area (Å²) in [6.07, 6.45) is 6.85. The lowest BCUT2D eigenvalue weighted by Gasteiger charge is -2.33. The SMILES string of the molecule is C[C](C)CN1CCC(NC(=O)n2ccnc2)CC1. The fourth-order valence-corrected chi connectivity index (χ4v) is 2.31. The van der Waals surface area contributed by atoms with E-state index in [-0.39, 0.29) is 12.1 Å². The maximum atomic E-state index is 11.8. The van der Waals surface area contributed by atoms with E-state index in [0.717, 1.165) is 32.5 Å². The molecule has 0 saturated carbocycles. The fraction of sp³-hybridized carbons (Fsp3) is 0.615. The van der Waals surface area contributed by atoms with E-state index in [9.17, 15) is 4.79 Å². The number of nitrogens with one attached hydrogen (secondary N) is 1. The van der Waals surface area contributed by atoms with Crippen LogP contribution in [0, 0.1) is 5.92 Å². The van der Waals surface area contributed by atoms with Crippen LogP contribution in [0.2, 0.25) is 0 Å². The summed E-state index contributed by atoms with van der Waals surface area (Å²) in [7, 11) is 0. The second kappa shape index (κ2) is 6.00. The molecule has 5 heteroatoms. The zero-order valence-corrected chi connectivity index (χ0v) is 11.1. The largest absolute Gasteiger partial charge is 0.335 e. The first-order valence-corrected chi connectivity index (χ1v) is 6.45. The molecule has 1 N–H and O–H groups in total. The number of carbonyl (C=O) groups excluding carboxylic acids is 1. The highest BCUT2D eigenvalue weighted by molar-refractivity contribution is 5.76. The molecular formula is C13H21N4O. The van der Waals surface area contributed by atoms with Gasteiger partial charge >= 0.3 is 6.03 Å². The highest BCUT2D eigenvalue weighted by Gasteiger charge is 2.21. The summed E-state index contributed by atoms with van der Waals surface area (Å²) >= 11 is 0. The van der Waals surface area contributed by atoms with Gasteiger partial charge in [-0.15, -0.1) is 0 Å². The predicted molar refractivity (Wildman–Crippen MR) is 70.2 cm³/mol. The van der Waals surface area contributed by atoms with Crippen molar-refractivity contribution in [2.75, 3.05) is 19.6 Å². The molecule has 0 aliphatic carbocycles. The summed E-state index contributed by atoms with van der Waals surface area (Å²) in [5, 5.41) is 3.05. The highest BCUT2D eigenvalue weighted by Crippen LogP contribution is 2.12. The average molecular weight is 249 g/mol. The molecule has 1 aliphatic heterocycles. The van der Waals surface area contributed by atoms with Gasteiger partial charge in [-0.25, -0.2) is 9.78 Å². The van der Waals surface area contributed by atoms with Gasteiger partial charge in [0.1, 0.15) is 6.33 Å². The third kappa shape index (κ3) is 3.57. The third-order valence-electron chi connectivity index (χ3n) is 3.19. The molecule has 1 fully saturated rings. The Balaban J connectivity index is 1.75. The standard InChI is InChI=1S/C13H21N4O/c1-11(2)9-16-6-3-12(4-7-16)15-13(18)17-8-5-14-10-17/h5,8,10,12H,3-4,6-7,9H2,1-2H3,(H,15,18). The molecule has 1 aliphatic rings. The molecule has 1 aromatic heterocycles. The van der Waals surface area contributed by atoms with Crippen LogP contribution in [-0.4, -0.2) is 46.2 Å². The molecule has 1 amide bonds. The molecule has 99 valence electrons. The molecule has 1 aromatic rings. The van der Waals surface area contributed by atoms with Gasteiger partial charge in [0.25, 0.3) is 0 Å². The van der Waals surface area contributed by atoms with E-state index < -0.39 is 0 Å². The molecule has 0 spiro atoms. The Morgan fingerprint density at radius 3 is 2.67 bits per heavy atom. The number of hydrogen-bond donors (Lipinski definition) is 1. The van der Waals surface area contributed by atoms with E-state index in [1.807, 2.05) is 0 Å². The zero-order valence-electron chi connectivity index (χ0n) is 11.1. The lowest BCUT2D eigenvalue weighted by molar-refractivity contribution is 0.197. The van der Waals surface area contributed by atoms with Crippen LogP contribution in [0.25, 0.3) is 0 Å². The number of imidazole rings is 1. The van der Waals surface area contributed by atoms with Gasteiger partial charge in [0.15, 0.2) is 0 Å². The minimum Gasteiger partial charge on any atom is -0.335 e. The van der Waals surface area contributed by atoms with Crippen molar-refractivity contribution in [2.45, 2.75) is 32.7 Å². The number of carbonyl (C=O) groups is 1. The van der Waals surface area contributed by atoms with E-state index >= 15 is 0 Å². The minimum atomic E-state index is -0.0795. The first-order valence-electron chi connectivity index (χ1n) is 6.45. The van der Waals surface area contributed by atoms with Gasteiger partial charge in [0.05, 0.1) is 0 Å². The lowest BCUT2D eigenvalue weighted by atomic mass is 10.0. The first kappa shape index (κ1) is 13.1. The summed E-state index contributed by atoms with van der Waals surface area (Å²) in [5.74, 6) is 1.44. The van der Waals surface area contributed by atoms with Gasteiger partial charge in [-0.1, -0.05) is 13.8 Å². The van der Waals surface area contributed by atoms with Gasteiger partial charge in [0.2, 0.25) is 0 Å². The van der Waals surface area contributed by atoms with Crippen molar-refractivity contribution < 1.29 is 4.79 Å². The summed E-state index contributed by atoms with van der Waals surface area (Å²) in [5.41, 5.74) is 0. The van der Waals surface area contributed by atoms with Crippen molar-refractivity contribution in [1.29, 1.82) is 0 Å². The molecular weight excluding hydrogens is 228 g/mol. The average Bonchev–Trinajstić information content (AvgIpc) is 2.84. The number of rotatable bonds is 3. The number of likely N-dealkylation sites (tertiary alicyclic amines) is 1. The Bertz CT molecular complexity index is 366. The number of hydrogen-bond acceptors (Lipinski definition) is 3. The Morgan fingerprint density at radius 2 is 2.11 bits per heavy atom. The van der Waals surface area contributed by atoms with E-state index in [2.05, 4.69) is 29.0 Å².